The summed E-state index contributed by atoms with van der Waals surface area (Å²) in [6, 6.07) is 3.13. The zero-order valence-corrected chi connectivity index (χ0v) is 14.7. The summed E-state index contributed by atoms with van der Waals surface area (Å²) in [6.45, 7) is 3.43. The summed E-state index contributed by atoms with van der Waals surface area (Å²) in [5, 5.41) is 31.8. The Kier molecular flexibility index (Phi) is 4.80. The summed E-state index contributed by atoms with van der Waals surface area (Å²) in [4.78, 5) is 32.4. The standard InChI is InChI=1S/C15H14Cl2N2O6/c1-14(2)11(6-12(16)17)15(14,13(20)21)7-8-3-9(18(22)23)5-10(4-8)19(24)25/h3-6,11H,7H2,1-2H3,(H,20,21)/t11-,15-/m0/s1. The Hall–Kier alpha value is -2.19. The third-order valence-electron chi connectivity index (χ3n) is 4.92. The van der Waals surface area contributed by atoms with E-state index in [2.05, 4.69) is 0 Å². The van der Waals surface area contributed by atoms with Crippen LogP contribution in [-0.4, -0.2) is 20.9 Å². The van der Waals surface area contributed by atoms with Gasteiger partial charge in [-0.15, -0.1) is 0 Å². The van der Waals surface area contributed by atoms with Gasteiger partial charge in [-0.1, -0.05) is 37.0 Å². The van der Waals surface area contributed by atoms with E-state index in [1.54, 1.807) is 13.8 Å². The number of rotatable bonds is 6. The van der Waals surface area contributed by atoms with Gasteiger partial charge in [0, 0.05) is 18.1 Å². The molecule has 0 radical (unpaired) electrons. The van der Waals surface area contributed by atoms with Crippen LogP contribution in [0.3, 0.4) is 0 Å². The van der Waals surface area contributed by atoms with E-state index in [1.807, 2.05) is 0 Å². The number of carbonyl (C=O) groups is 1. The lowest BCUT2D eigenvalue weighted by Gasteiger charge is -2.15. The molecular weight excluding hydrogens is 375 g/mol. The van der Waals surface area contributed by atoms with E-state index in [1.165, 1.54) is 6.08 Å². The first-order valence-electron chi connectivity index (χ1n) is 7.12. The van der Waals surface area contributed by atoms with Crippen LogP contribution in [0.4, 0.5) is 11.4 Å². The van der Waals surface area contributed by atoms with Crippen LogP contribution >= 0.6 is 23.2 Å². The van der Waals surface area contributed by atoms with Gasteiger partial charge in [0.05, 0.1) is 21.3 Å². The van der Waals surface area contributed by atoms with Gasteiger partial charge in [-0.05, 0) is 23.5 Å². The zero-order valence-electron chi connectivity index (χ0n) is 13.2. The number of carboxylic acids is 1. The summed E-state index contributed by atoms with van der Waals surface area (Å²) in [5.41, 5.74) is -2.78. The Labute approximate surface area is 152 Å². The molecule has 25 heavy (non-hydrogen) atoms. The largest absolute Gasteiger partial charge is 0.481 e. The van der Waals surface area contributed by atoms with Crippen molar-refractivity contribution >= 4 is 40.5 Å². The normalized spacial score (nSPS) is 23.6. The first-order valence-corrected chi connectivity index (χ1v) is 7.88. The van der Waals surface area contributed by atoms with Crippen LogP contribution in [-0.2, 0) is 11.2 Å². The number of halogens is 2. The number of carboxylic acid groups (broad SMARTS) is 1. The van der Waals surface area contributed by atoms with Crippen molar-refractivity contribution in [1.29, 1.82) is 0 Å². The van der Waals surface area contributed by atoms with Crippen LogP contribution < -0.4 is 0 Å². The Morgan fingerprint density at radius 1 is 1.20 bits per heavy atom. The van der Waals surface area contributed by atoms with Gasteiger partial charge < -0.3 is 5.11 Å². The highest BCUT2D eigenvalue weighted by molar-refractivity contribution is 6.55. The molecule has 0 bridgehead atoms. The van der Waals surface area contributed by atoms with Crippen LogP contribution in [0.5, 0.6) is 0 Å². The van der Waals surface area contributed by atoms with E-state index >= 15 is 0 Å². The van der Waals surface area contributed by atoms with E-state index in [0.717, 1.165) is 18.2 Å². The monoisotopic (exact) mass is 388 g/mol. The topological polar surface area (TPSA) is 124 Å². The number of aliphatic carboxylic acids is 1. The van der Waals surface area contributed by atoms with Gasteiger partial charge in [0.2, 0.25) is 0 Å². The predicted molar refractivity (Wildman–Crippen MR) is 90.6 cm³/mol. The molecule has 1 N–H and O–H groups in total. The number of nitro groups is 2. The molecule has 0 saturated heterocycles. The molecule has 0 amide bonds. The molecule has 1 aliphatic carbocycles. The highest BCUT2D eigenvalue weighted by Crippen LogP contribution is 2.71. The Bertz CT molecular complexity index is 771. The highest BCUT2D eigenvalue weighted by atomic mass is 35.5. The van der Waals surface area contributed by atoms with Gasteiger partial charge >= 0.3 is 5.97 Å². The average Bonchev–Trinajstić information content (AvgIpc) is 2.94. The molecule has 134 valence electrons. The van der Waals surface area contributed by atoms with Crippen LogP contribution in [0.1, 0.15) is 19.4 Å². The Balaban J connectivity index is 2.52. The van der Waals surface area contributed by atoms with Gasteiger partial charge in [-0.25, -0.2) is 0 Å². The molecule has 1 aliphatic rings. The number of benzene rings is 1. The van der Waals surface area contributed by atoms with Crippen LogP contribution in [0.15, 0.2) is 28.8 Å². The summed E-state index contributed by atoms with van der Waals surface area (Å²) in [6.07, 6.45) is 1.29. The fourth-order valence-electron chi connectivity index (χ4n) is 3.49. The molecule has 1 saturated carbocycles. The fourth-order valence-corrected chi connectivity index (χ4v) is 3.74. The second kappa shape index (κ2) is 6.27. The molecule has 2 rings (SSSR count). The first-order chi connectivity index (χ1) is 11.4. The van der Waals surface area contributed by atoms with Crippen molar-refractivity contribution in [1.82, 2.24) is 0 Å². The summed E-state index contributed by atoms with van der Waals surface area (Å²) < 4.78 is -0.0776. The SMILES string of the molecule is CC1(C)[C@H](C=C(Cl)Cl)[C@@]1(Cc1cc([N+](=O)[O-])cc([N+](=O)[O-])c1)C(=O)O. The lowest BCUT2D eigenvalue weighted by molar-refractivity contribution is -0.394. The number of allylic oxidation sites excluding steroid dienone is 1. The summed E-state index contributed by atoms with van der Waals surface area (Å²) in [7, 11) is 0. The van der Waals surface area contributed by atoms with E-state index < -0.39 is 43.9 Å². The predicted octanol–water partition coefficient (Wildman–Crippen LogP) is 4.09. The highest BCUT2D eigenvalue weighted by Gasteiger charge is 2.74. The second-order valence-electron chi connectivity index (χ2n) is 6.48. The zero-order chi connectivity index (χ0) is 19.2. The smallest absolute Gasteiger partial charge is 0.311 e. The van der Waals surface area contributed by atoms with Gasteiger partial charge in [0.25, 0.3) is 11.4 Å². The average molecular weight is 389 g/mol. The molecule has 1 aromatic carbocycles. The molecule has 10 heteroatoms. The summed E-state index contributed by atoms with van der Waals surface area (Å²) >= 11 is 11.3. The van der Waals surface area contributed by atoms with Gasteiger partial charge in [-0.2, -0.15) is 0 Å². The molecule has 1 fully saturated rings. The fraction of sp³-hybridized carbons (Fsp3) is 0.400. The van der Waals surface area contributed by atoms with Crippen molar-refractivity contribution in [2.24, 2.45) is 16.7 Å². The minimum absolute atomic E-state index is 0.0776. The van der Waals surface area contributed by atoms with E-state index in [-0.39, 0.29) is 16.5 Å². The molecular formula is C15H14Cl2N2O6. The summed E-state index contributed by atoms with van der Waals surface area (Å²) in [5.74, 6) is -1.64. The Morgan fingerprint density at radius 3 is 2.04 bits per heavy atom. The molecule has 0 aliphatic heterocycles. The number of nitro benzene ring substituents is 2. The van der Waals surface area contributed by atoms with Crippen molar-refractivity contribution in [3.63, 3.8) is 0 Å². The number of nitrogens with zero attached hydrogens (tertiary/aromatic N) is 2. The minimum Gasteiger partial charge on any atom is -0.481 e. The quantitative estimate of drug-likeness (QED) is 0.577. The number of non-ortho nitro benzene ring substituents is 2. The van der Waals surface area contributed by atoms with Crippen molar-refractivity contribution in [2.75, 3.05) is 0 Å². The maximum absolute atomic E-state index is 11.9. The molecule has 0 aromatic heterocycles. The molecule has 0 spiro atoms. The van der Waals surface area contributed by atoms with E-state index in [4.69, 9.17) is 23.2 Å². The third-order valence-corrected chi connectivity index (χ3v) is 5.17. The number of hydrogen-bond donors (Lipinski definition) is 1. The van der Waals surface area contributed by atoms with Gasteiger partial charge in [0.15, 0.2) is 0 Å². The maximum atomic E-state index is 11.9. The molecule has 0 unspecified atom stereocenters. The lowest BCUT2D eigenvalue weighted by Crippen LogP contribution is -2.24. The van der Waals surface area contributed by atoms with Crippen molar-refractivity contribution in [3.05, 3.63) is 54.6 Å². The van der Waals surface area contributed by atoms with Gasteiger partial charge in [0.1, 0.15) is 4.49 Å². The van der Waals surface area contributed by atoms with E-state index in [0.29, 0.717) is 0 Å². The maximum Gasteiger partial charge on any atom is 0.311 e. The molecule has 1 aromatic rings. The first kappa shape index (κ1) is 19.1. The molecule has 0 heterocycles. The Morgan fingerprint density at radius 2 is 1.68 bits per heavy atom. The van der Waals surface area contributed by atoms with Crippen LogP contribution in [0, 0.1) is 37.0 Å². The van der Waals surface area contributed by atoms with E-state index in [9.17, 15) is 30.1 Å². The molecule has 8 nitrogen and oxygen atoms in total. The van der Waals surface area contributed by atoms with Crippen molar-refractivity contribution < 1.29 is 19.7 Å². The lowest BCUT2D eigenvalue weighted by atomic mass is 9.88. The third kappa shape index (κ3) is 3.19. The van der Waals surface area contributed by atoms with Gasteiger partial charge in [-0.3, -0.25) is 25.0 Å². The second-order valence-corrected chi connectivity index (χ2v) is 7.49. The van der Waals surface area contributed by atoms with Crippen LogP contribution in [0.25, 0.3) is 0 Å². The van der Waals surface area contributed by atoms with Crippen molar-refractivity contribution in [2.45, 2.75) is 20.3 Å². The molecule has 2 atom stereocenters. The minimum atomic E-state index is -1.31. The van der Waals surface area contributed by atoms with Crippen molar-refractivity contribution in [3.8, 4) is 0 Å². The number of hydrogen-bond acceptors (Lipinski definition) is 5. The van der Waals surface area contributed by atoms with Crippen LogP contribution in [0.2, 0.25) is 0 Å².